The van der Waals surface area contributed by atoms with Crippen LogP contribution in [0, 0.1) is 11.7 Å². The maximum absolute atomic E-state index is 13.6. The standard InChI is InChI=1S/C17H19FN2O2S.C2HF3O2/c18-15-2-1-5-19-16(15)21-9-14-3-6-22-17(14)11-20(12-17)8-13-4-7-23-10-13;3-2(4,5)1(6)7/h1-2,4-5,7,10,14H,3,6,8-9,11-12H2;(H,6,7). The first-order valence-electron chi connectivity index (χ1n) is 9.10. The van der Waals surface area contributed by atoms with E-state index < -0.39 is 18.0 Å². The van der Waals surface area contributed by atoms with E-state index in [0.717, 1.165) is 32.7 Å². The lowest BCUT2D eigenvalue weighted by atomic mass is 9.81. The summed E-state index contributed by atoms with van der Waals surface area (Å²) < 4.78 is 57.0. The van der Waals surface area contributed by atoms with Crippen LogP contribution in [-0.2, 0) is 16.1 Å². The number of rotatable bonds is 5. The minimum atomic E-state index is -5.08. The number of hydrogen-bond acceptors (Lipinski definition) is 6. The van der Waals surface area contributed by atoms with E-state index in [-0.39, 0.29) is 11.5 Å². The SMILES string of the molecule is Fc1cccnc1OCC1CCOC12CN(Cc1ccsc1)C2.O=C(O)C(F)(F)F. The van der Waals surface area contributed by atoms with Crippen LogP contribution in [-0.4, -0.2) is 59.0 Å². The van der Waals surface area contributed by atoms with Crippen LogP contribution < -0.4 is 4.74 Å². The van der Waals surface area contributed by atoms with Gasteiger partial charge in [0.2, 0.25) is 5.88 Å². The number of likely N-dealkylation sites (tertiary alicyclic amines) is 1. The number of alkyl halides is 3. The number of carbonyl (C=O) groups is 1. The fourth-order valence-corrected chi connectivity index (χ4v) is 4.15. The van der Waals surface area contributed by atoms with Gasteiger partial charge < -0.3 is 14.6 Å². The van der Waals surface area contributed by atoms with Crippen molar-refractivity contribution in [2.45, 2.75) is 24.7 Å². The van der Waals surface area contributed by atoms with Crippen molar-refractivity contribution in [1.29, 1.82) is 0 Å². The number of nitrogens with zero attached hydrogens (tertiary/aromatic N) is 2. The third-order valence-electron chi connectivity index (χ3n) is 4.96. The molecular weight excluding hydrogens is 428 g/mol. The summed E-state index contributed by atoms with van der Waals surface area (Å²) in [5.74, 6) is -2.78. The van der Waals surface area contributed by atoms with Gasteiger partial charge in [-0.3, -0.25) is 4.90 Å². The molecular formula is C19H20F4N2O4S. The molecule has 1 spiro atoms. The summed E-state index contributed by atoms with van der Waals surface area (Å²) in [6.07, 6.45) is -2.58. The van der Waals surface area contributed by atoms with Gasteiger partial charge in [0.05, 0.1) is 12.2 Å². The highest BCUT2D eigenvalue weighted by molar-refractivity contribution is 7.07. The number of aromatic nitrogens is 1. The third kappa shape index (κ3) is 5.46. The molecule has 0 radical (unpaired) electrons. The highest BCUT2D eigenvalue weighted by Gasteiger charge is 2.53. The van der Waals surface area contributed by atoms with Crippen molar-refractivity contribution in [3.05, 3.63) is 46.5 Å². The Bertz CT molecular complexity index is 841. The second-order valence-corrected chi connectivity index (χ2v) is 7.86. The number of aliphatic carboxylic acids is 1. The molecule has 2 aliphatic heterocycles. The minimum absolute atomic E-state index is 0.0870. The Balaban J connectivity index is 0.000000318. The van der Waals surface area contributed by atoms with Crippen LogP contribution in [0.1, 0.15) is 12.0 Å². The number of halogens is 4. The van der Waals surface area contributed by atoms with Gasteiger partial charge in [0.15, 0.2) is 5.82 Å². The molecule has 4 rings (SSSR count). The summed E-state index contributed by atoms with van der Waals surface area (Å²) in [5, 5.41) is 11.4. The molecule has 1 atom stereocenters. The Hall–Kier alpha value is -2.24. The van der Waals surface area contributed by atoms with Crippen LogP contribution in [0.25, 0.3) is 0 Å². The number of carboxylic acid groups (broad SMARTS) is 1. The monoisotopic (exact) mass is 448 g/mol. The van der Waals surface area contributed by atoms with E-state index in [1.807, 2.05) is 0 Å². The molecule has 11 heteroatoms. The smallest absolute Gasteiger partial charge is 0.475 e. The number of pyridine rings is 1. The Labute approximate surface area is 174 Å². The zero-order chi connectivity index (χ0) is 21.8. The molecule has 0 amide bonds. The van der Waals surface area contributed by atoms with Crippen LogP contribution in [0.2, 0.25) is 0 Å². The Morgan fingerprint density at radius 1 is 1.40 bits per heavy atom. The fraction of sp³-hybridized carbons (Fsp3) is 0.474. The van der Waals surface area contributed by atoms with Gasteiger partial charge in [-0.2, -0.15) is 24.5 Å². The minimum Gasteiger partial charge on any atom is -0.475 e. The summed E-state index contributed by atoms with van der Waals surface area (Å²) in [4.78, 5) is 15.2. The average Bonchev–Trinajstić information content (AvgIpc) is 3.30. The molecule has 2 aromatic rings. The lowest BCUT2D eigenvalue weighted by molar-refractivity contribution is -0.192. The summed E-state index contributed by atoms with van der Waals surface area (Å²) >= 11 is 1.73. The van der Waals surface area contributed by atoms with Crippen molar-refractivity contribution in [3.63, 3.8) is 0 Å². The molecule has 2 fully saturated rings. The molecule has 1 unspecified atom stereocenters. The van der Waals surface area contributed by atoms with Crippen molar-refractivity contribution >= 4 is 17.3 Å². The maximum Gasteiger partial charge on any atom is 0.490 e. The van der Waals surface area contributed by atoms with Gasteiger partial charge in [-0.05, 0) is 40.9 Å². The molecule has 1 N–H and O–H groups in total. The van der Waals surface area contributed by atoms with E-state index in [9.17, 15) is 17.6 Å². The van der Waals surface area contributed by atoms with Crippen LogP contribution in [0.15, 0.2) is 35.2 Å². The second-order valence-electron chi connectivity index (χ2n) is 7.08. The lowest BCUT2D eigenvalue weighted by Gasteiger charge is -2.50. The van der Waals surface area contributed by atoms with Gasteiger partial charge in [0.1, 0.15) is 0 Å². The van der Waals surface area contributed by atoms with Gasteiger partial charge in [0.25, 0.3) is 0 Å². The van der Waals surface area contributed by atoms with Gasteiger partial charge in [-0.15, -0.1) is 0 Å². The van der Waals surface area contributed by atoms with Crippen molar-refractivity contribution in [2.24, 2.45) is 5.92 Å². The fourth-order valence-electron chi connectivity index (χ4n) is 3.49. The first-order valence-corrected chi connectivity index (χ1v) is 10.0. The van der Waals surface area contributed by atoms with E-state index in [2.05, 4.69) is 26.7 Å². The van der Waals surface area contributed by atoms with Crippen LogP contribution in [0.4, 0.5) is 17.6 Å². The predicted molar refractivity (Wildman–Crippen MR) is 99.8 cm³/mol. The first-order chi connectivity index (χ1) is 14.2. The molecule has 2 aromatic heterocycles. The van der Waals surface area contributed by atoms with E-state index in [4.69, 9.17) is 19.4 Å². The van der Waals surface area contributed by atoms with Gasteiger partial charge >= 0.3 is 12.1 Å². The largest absolute Gasteiger partial charge is 0.490 e. The first kappa shape index (κ1) is 22.4. The quantitative estimate of drug-likeness (QED) is 0.705. The summed E-state index contributed by atoms with van der Waals surface area (Å²) in [6, 6.07) is 5.10. The molecule has 0 aliphatic carbocycles. The highest BCUT2D eigenvalue weighted by Crippen LogP contribution is 2.40. The number of thiophene rings is 1. The summed E-state index contributed by atoms with van der Waals surface area (Å²) in [7, 11) is 0. The van der Waals surface area contributed by atoms with Crippen molar-refractivity contribution in [3.8, 4) is 5.88 Å². The topological polar surface area (TPSA) is 71.9 Å². The van der Waals surface area contributed by atoms with Gasteiger partial charge in [-0.1, -0.05) is 0 Å². The molecule has 6 nitrogen and oxygen atoms in total. The molecule has 164 valence electrons. The van der Waals surface area contributed by atoms with Crippen molar-refractivity contribution in [2.75, 3.05) is 26.3 Å². The zero-order valence-electron chi connectivity index (χ0n) is 15.8. The van der Waals surface area contributed by atoms with E-state index in [0.29, 0.717) is 12.5 Å². The molecule has 2 saturated heterocycles. The summed E-state index contributed by atoms with van der Waals surface area (Å²) in [6.45, 7) is 4.02. The van der Waals surface area contributed by atoms with Gasteiger partial charge in [-0.25, -0.2) is 14.2 Å². The Morgan fingerprint density at radius 3 is 2.73 bits per heavy atom. The summed E-state index contributed by atoms with van der Waals surface area (Å²) in [5.41, 5.74) is 1.23. The zero-order valence-corrected chi connectivity index (χ0v) is 16.6. The molecule has 0 aromatic carbocycles. The maximum atomic E-state index is 13.6. The second kappa shape index (κ2) is 9.27. The van der Waals surface area contributed by atoms with E-state index in [1.165, 1.54) is 11.6 Å². The Kier molecular flexibility index (Phi) is 6.94. The van der Waals surface area contributed by atoms with Gasteiger partial charge in [0, 0.05) is 38.4 Å². The molecule has 4 heterocycles. The highest BCUT2D eigenvalue weighted by atomic mass is 32.1. The lowest BCUT2D eigenvalue weighted by Crippen LogP contribution is -2.64. The number of ether oxygens (including phenoxy) is 2. The predicted octanol–water partition coefficient (Wildman–Crippen LogP) is 3.59. The molecule has 0 bridgehead atoms. The van der Waals surface area contributed by atoms with E-state index in [1.54, 1.807) is 23.6 Å². The number of hydrogen-bond donors (Lipinski definition) is 1. The average molecular weight is 448 g/mol. The van der Waals surface area contributed by atoms with Crippen molar-refractivity contribution < 1.29 is 36.9 Å². The normalized spacial score (nSPS) is 20.3. The third-order valence-corrected chi connectivity index (χ3v) is 5.69. The van der Waals surface area contributed by atoms with Crippen LogP contribution in [0.5, 0.6) is 5.88 Å². The molecule has 0 saturated carbocycles. The van der Waals surface area contributed by atoms with E-state index >= 15 is 0 Å². The van der Waals surface area contributed by atoms with Crippen molar-refractivity contribution in [1.82, 2.24) is 9.88 Å². The number of carboxylic acids is 1. The Morgan fingerprint density at radius 2 is 2.13 bits per heavy atom. The molecule has 2 aliphatic rings. The van der Waals surface area contributed by atoms with Crippen LogP contribution in [0.3, 0.4) is 0 Å². The van der Waals surface area contributed by atoms with Crippen LogP contribution >= 0.6 is 11.3 Å². The molecule has 30 heavy (non-hydrogen) atoms.